The summed E-state index contributed by atoms with van der Waals surface area (Å²) in [5.41, 5.74) is 1.08. The molecule has 2 rings (SSSR count). The van der Waals surface area contributed by atoms with Gasteiger partial charge >= 0.3 is 0 Å². The maximum Gasteiger partial charge on any atom is 0.269 e. The van der Waals surface area contributed by atoms with Gasteiger partial charge in [-0.15, -0.1) is 0 Å². The molecule has 1 heterocycles. The van der Waals surface area contributed by atoms with Crippen molar-refractivity contribution in [3.8, 4) is 0 Å². The number of anilines is 1. The second-order valence-corrected chi connectivity index (χ2v) is 7.73. The van der Waals surface area contributed by atoms with Crippen LogP contribution >= 0.6 is 0 Å². The second kappa shape index (κ2) is 7.10. The average molecular weight is 363 g/mol. The minimum atomic E-state index is -3.84. The Morgan fingerprint density at radius 3 is 2.44 bits per heavy atom. The number of hydrogen-bond donors (Lipinski definition) is 0. The number of hydrogen-bond acceptors (Lipinski definition) is 6. The number of aromatic nitrogens is 1. The number of carbonyl (C=O) groups is 1. The smallest absolute Gasteiger partial charge is 0.269 e. The van der Waals surface area contributed by atoms with Crippen molar-refractivity contribution in [3.05, 3.63) is 53.6 Å². The van der Waals surface area contributed by atoms with Crippen molar-refractivity contribution in [3.63, 3.8) is 0 Å². The molecule has 0 saturated heterocycles. The molecule has 0 aliphatic carbocycles. The SMILES string of the molecule is Cc1noc(C)c1S(=O)(=O)N(C)c1cccc(C(=O)C=CN(C)C)c1. The average Bonchev–Trinajstić information content (AvgIpc) is 2.91. The van der Waals surface area contributed by atoms with Gasteiger partial charge in [-0.25, -0.2) is 8.42 Å². The Morgan fingerprint density at radius 1 is 1.20 bits per heavy atom. The third-order valence-corrected chi connectivity index (χ3v) is 5.64. The van der Waals surface area contributed by atoms with E-state index in [1.54, 1.807) is 43.1 Å². The fourth-order valence-corrected chi connectivity index (χ4v) is 3.76. The van der Waals surface area contributed by atoms with Gasteiger partial charge in [0.1, 0.15) is 5.69 Å². The number of benzene rings is 1. The molecule has 0 atom stereocenters. The van der Waals surface area contributed by atoms with E-state index >= 15 is 0 Å². The van der Waals surface area contributed by atoms with E-state index in [2.05, 4.69) is 5.16 Å². The van der Waals surface area contributed by atoms with Gasteiger partial charge in [0.2, 0.25) is 0 Å². The van der Waals surface area contributed by atoms with E-state index in [4.69, 9.17) is 4.52 Å². The Bertz CT molecular complexity index is 894. The lowest BCUT2D eigenvalue weighted by Crippen LogP contribution is -2.27. The maximum absolute atomic E-state index is 12.9. The van der Waals surface area contributed by atoms with Gasteiger partial charge in [-0.1, -0.05) is 17.3 Å². The number of nitrogens with zero attached hydrogens (tertiary/aromatic N) is 3. The molecule has 0 spiro atoms. The van der Waals surface area contributed by atoms with E-state index < -0.39 is 10.0 Å². The predicted octanol–water partition coefficient (Wildman–Crippen LogP) is 2.37. The van der Waals surface area contributed by atoms with E-state index in [1.807, 2.05) is 14.1 Å². The molecular formula is C17H21N3O4S. The summed E-state index contributed by atoms with van der Waals surface area (Å²) >= 11 is 0. The highest BCUT2D eigenvalue weighted by atomic mass is 32.2. The predicted molar refractivity (Wildman–Crippen MR) is 95.2 cm³/mol. The highest BCUT2D eigenvalue weighted by Crippen LogP contribution is 2.27. The van der Waals surface area contributed by atoms with Crippen LogP contribution in [-0.4, -0.2) is 45.4 Å². The van der Waals surface area contributed by atoms with Gasteiger partial charge in [-0.05, 0) is 26.0 Å². The Kier molecular flexibility index (Phi) is 5.32. The van der Waals surface area contributed by atoms with Crippen LogP contribution in [0.5, 0.6) is 0 Å². The van der Waals surface area contributed by atoms with Gasteiger partial charge in [-0.2, -0.15) is 0 Å². The van der Waals surface area contributed by atoms with Gasteiger partial charge in [0.25, 0.3) is 10.0 Å². The molecule has 1 aromatic carbocycles. The zero-order valence-electron chi connectivity index (χ0n) is 14.8. The maximum atomic E-state index is 12.9. The van der Waals surface area contributed by atoms with Crippen molar-refractivity contribution in [2.24, 2.45) is 0 Å². The van der Waals surface area contributed by atoms with Gasteiger partial charge in [-0.3, -0.25) is 9.10 Å². The molecule has 134 valence electrons. The Labute approximate surface area is 147 Å². The monoisotopic (exact) mass is 363 g/mol. The first kappa shape index (κ1) is 18.7. The molecule has 0 aliphatic heterocycles. The lowest BCUT2D eigenvalue weighted by Gasteiger charge is -2.19. The molecule has 0 bridgehead atoms. The topological polar surface area (TPSA) is 83.7 Å². The lowest BCUT2D eigenvalue weighted by atomic mass is 10.1. The van der Waals surface area contributed by atoms with Crippen LogP contribution in [0.1, 0.15) is 21.8 Å². The number of sulfonamides is 1. The largest absolute Gasteiger partial charge is 0.383 e. The summed E-state index contributed by atoms with van der Waals surface area (Å²) in [6, 6.07) is 6.45. The first-order chi connectivity index (χ1) is 11.6. The zero-order valence-corrected chi connectivity index (χ0v) is 15.7. The highest BCUT2D eigenvalue weighted by molar-refractivity contribution is 7.92. The molecule has 8 heteroatoms. The molecule has 0 saturated carbocycles. The van der Waals surface area contributed by atoms with Crippen LogP contribution in [0.3, 0.4) is 0 Å². The molecule has 2 aromatic rings. The summed E-state index contributed by atoms with van der Waals surface area (Å²) in [7, 11) is 1.21. The highest BCUT2D eigenvalue weighted by Gasteiger charge is 2.29. The molecule has 0 unspecified atom stereocenters. The van der Waals surface area contributed by atoms with Crippen molar-refractivity contribution >= 4 is 21.5 Å². The first-order valence-corrected chi connectivity index (χ1v) is 8.99. The number of carbonyl (C=O) groups excluding carboxylic acids is 1. The van der Waals surface area contributed by atoms with Gasteiger partial charge in [0.05, 0.1) is 5.69 Å². The van der Waals surface area contributed by atoms with Crippen molar-refractivity contribution in [1.29, 1.82) is 0 Å². The van der Waals surface area contributed by atoms with E-state index in [9.17, 15) is 13.2 Å². The summed E-state index contributed by atoms with van der Waals surface area (Å²) in [6.45, 7) is 3.12. The van der Waals surface area contributed by atoms with Crippen LogP contribution in [0.15, 0.2) is 46.0 Å². The van der Waals surface area contributed by atoms with E-state index in [0.717, 1.165) is 4.31 Å². The Morgan fingerprint density at radius 2 is 1.88 bits per heavy atom. The number of allylic oxidation sites excluding steroid dienone is 1. The third-order valence-electron chi connectivity index (χ3n) is 3.60. The molecule has 0 N–H and O–H groups in total. The lowest BCUT2D eigenvalue weighted by molar-refractivity contribution is 0.104. The molecule has 0 aliphatic rings. The molecule has 0 fully saturated rings. The fourth-order valence-electron chi connectivity index (χ4n) is 2.29. The summed E-state index contributed by atoms with van der Waals surface area (Å²) in [6.07, 6.45) is 3.07. The molecular weight excluding hydrogens is 342 g/mol. The third kappa shape index (κ3) is 3.90. The minimum Gasteiger partial charge on any atom is -0.383 e. The second-order valence-electron chi connectivity index (χ2n) is 5.82. The molecule has 1 aromatic heterocycles. The van der Waals surface area contributed by atoms with Crippen molar-refractivity contribution in [2.75, 3.05) is 25.4 Å². The fraction of sp³-hybridized carbons (Fsp3) is 0.294. The normalized spacial score (nSPS) is 11.7. The van der Waals surface area contributed by atoms with E-state index in [0.29, 0.717) is 16.9 Å². The Hall–Kier alpha value is -2.61. The molecule has 7 nitrogen and oxygen atoms in total. The van der Waals surface area contributed by atoms with Crippen molar-refractivity contribution in [1.82, 2.24) is 10.1 Å². The van der Waals surface area contributed by atoms with Crippen molar-refractivity contribution in [2.45, 2.75) is 18.7 Å². The van der Waals surface area contributed by atoms with Crippen LogP contribution in [0, 0.1) is 13.8 Å². The van der Waals surface area contributed by atoms with Crippen molar-refractivity contribution < 1.29 is 17.7 Å². The van der Waals surface area contributed by atoms with Gasteiger partial charge in [0, 0.05) is 39.0 Å². The molecule has 0 radical (unpaired) electrons. The van der Waals surface area contributed by atoms with Crippen LogP contribution in [-0.2, 0) is 10.0 Å². The summed E-state index contributed by atoms with van der Waals surface area (Å²) in [4.78, 5) is 14.0. The van der Waals surface area contributed by atoms with Crippen LogP contribution in [0.4, 0.5) is 5.69 Å². The Balaban J connectivity index is 2.39. The molecule has 25 heavy (non-hydrogen) atoms. The summed E-state index contributed by atoms with van der Waals surface area (Å²) in [5, 5.41) is 3.70. The minimum absolute atomic E-state index is 0.0410. The van der Waals surface area contributed by atoms with Gasteiger partial charge in [0.15, 0.2) is 16.4 Å². The number of ketones is 1. The number of aryl methyl sites for hydroxylation is 2. The van der Waals surface area contributed by atoms with Gasteiger partial charge < -0.3 is 9.42 Å². The van der Waals surface area contributed by atoms with Crippen LogP contribution in [0.25, 0.3) is 0 Å². The summed E-state index contributed by atoms with van der Waals surface area (Å²) < 4.78 is 31.8. The molecule has 0 amide bonds. The summed E-state index contributed by atoms with van der Waals surface area (Å²) in [5.74, 6) is 0.0178. The van der Waals surface area contributed by atoms with E-state index in [1.165, 1.54) is 19.2 Å². The first-order valence-electron chi connectivity index (χ1n) is 7.55. The zero-order chi connectivity index (χ0) is 18.8. The van der Waals surface area contributed by atoms with Crippen LogP contribution in [0.2, 0.25) is 0 Å². The van der Waals surface area contributed by atoms with E-state index in [-0.39, 0.29) is 16.4 Å². The number of rotatable bonds is 6. The van der Waals surface area contributed by atoms with Crippen LogP contribution < -0.4 is 4.31 Å². The quantitative estimate of drug-likeness (QED) is 0.579. The standard InChI is InChI=1S/C17H21N3O4S/c1-12-17(13(2)24-18-12)25(22,23)20(5)15-8-6-7-14(11-15)16(21)9-10-19(3)4/h6-11H,1-5H3.